The largest absolute Gasteiger partial charge is 0.335 e. The topological polar surface area (TPSA) is 19.9 Å². The van der Waals surface area contributed by atoms with Gasteiger partial charge < -0.3 is 10.2 Å². The van der Waals surface area contributed by atoms with Crippen molar-refractivity contribution in [2.24, 2.45) is 0 Å². The van der Waals surface area contributed by atoms with Gasteiger partial charge in [-0.05, 0) is 13.1 Å². The molecule has 0 amide bonds. The second kappa shape index (κ2) is 5.33. The molecule has 0 fully saturated rings. The summed E-state index contributed by atoms with van der Waals surface area (Å²) in [6.45, 7) is 6.50. The molecule has 0 atom stereocenters. The molecule has 2 nitrogen and oxygen atoms in total. The molecule has 3 heteroatoms. The van der Waals surface area contributed by atoms with Crippen LogP contribution in [0, 0.1) is 0 Å². The minimum atomic E-state index is 0.708. The summed E-state index contributed by atoms with van der Waals surface area (Å²) < 4.78 is 0. The Morgan fingerprint density at radius 3 is 2.70 bits per heavy atom. The van der Waals surface area contributed by atoms with Gasteiger partial charge in [0.1, 0.15) is 6.20 Å². The Labute approximate surface area is 67.2 Å². The molecular weight excluding hydrogens is 148 g/mol. The molecular formula is C7H14ClN2+. The third kappa shape index (κ3) is 2.90. The fraction of sp³-hybridized carbons (Fsp3) is 0.429. The van der Waals surface area contributed by atoms with Crippen LogP contribution in [-0.2, 0) is 0 Å². The molecule has 0 aromatic heterocycles. The second-order valence-electron chi connectivity index (χ2n) is 1.79. The molecule has 0 saturated carbocycles. The monoisotopic (exact) mass is 161 g/mol. The second-order valence-corrected chi connectivity index (χ2v) is 2.18. The molecule has 0 bridgehead atoms. The third-order valence-electron chi connectivity index (χ3n) is 1.14. The van der Waals surface area contributed by atoms with Gasteiger partial charge in [-0.15, -0.1) is 0 Å². The smallest absolute Gasteiger partial charge is 0.162 e. The van der Waals surface area contributed by atoms with Gasteiger partial charge in [-0.3, -0.25) is 0 Å². The average Bonchev–Trinajstić information content (AvgIpc) is 1.91. The lowest BCUT2D eigenvalue weighted by Crippen LogP contribution is -2.73. The number of nitrogens with two attached hydrogens (primary N) is 1. The van der Waals surface area contributed by atoms with Gasteiger partial charge in [0.25, 0.3) is 0 Å². The molecule has 58 valence electrons. The van der Waals surface area contributed by atoms with Crippen molar-refractivity contribution in [2.45, 2.75) is 6.92 Å². The van der Waals surface area contributed by atoms with Crippen molar-refractivity contribution in [3.63, 3.8) is 0 Å². The summed E-state index contributed by atoms with van der Waals surface area (Å²) in [7, 11) is 1.93. The van der Waals surface area contributed by atoms with E-state index in [1.807, 2.05) is 30.4 Å². The lowest BCUT2D eigenvalue weighted by Gasteiger charge is -2.13. The lowest BCUT2D eigenvalue weighted by atomic mass is 10.6. The number of hydrogen-bond donors (Lipinski definition) is 1. The van der Waals surface area contributed by atoms with Crippen molar-refractivity contribution in [1.29, 1.82) is 0 Å². The predicted molar refractivity (Wildman–Crippen MR) is 44.4 cm³/mol. The molecule has 2 N–H and O–H groups in total. The Bertz CT molecular complexity index is 132. The first-order valence-electron chi connectivity index (χ1n) is 3.30. The zero-order valence-corrected chi connectivity index (χ0v) is 7.23. The maximum Gasteiger partial charge on any atom is 0.162 e. The molecule has 0 saturated heterocycles. The van der Waals surface area contributed by atoms with Gasteiger partial charge in [-0.1, -0.05) is 18.2 Å². The number of rotatable bonds is 4. The van der Waals surface area contributed by atoms with E-state index in [0.717, 1.165) is 6.54 Å². The summed E-state index contributed by atoms with van der Waals surface area (Å²) in [5, 5.41) is 2.61. The van der Waals surface area contributed by atoms with E-state index < -0.39 is 0 Å². The van der Waals surface area contributed by atoms with Crippen LogP contribution < -0.4 is 5.32 Å². The molecule has 10 heavy (non-hydrogen) atoms. The lowest BCUT2D eigenvalue weighted by molar-refractivity contribution is -0.557. The van der Waals surface area contributed by atoms with Crippen molar-refractivity contribution in [2.75, 3.05) is 13.6 Å². The van der Waals surface area contributed by atoms with Crippen LogP contribution in [0.3, 0.4) is 0 Å². The zero-order chi connectivity index (χ0) is 7.98. The summed E-state index contributed by atoms with van der Waals surface area (Å²) in [5.41, 5.74) is 0. The van der Waals surface area contributed by atoms with Crippen molar-refractivity contribution in [3.05, 3.63) is 24.1 Å². The number of quaternary nitrogens is 1. The molecule has 0 aromatic carbocycles. The Kier molecular flexibility index (Phi) is 5.08. The van der Waals surface area contributed by atoms with Crippen LogP contribution in [0.1, 0.15) is 6.92 Å². The zero-order valence-electron chi connectivity index (χ0n) is 6.47. The summed E-state index contributed by atoms with van der Waals surface area (Å²) in [6.07, 6.45) is 3.55. The summed E-state index contributed by atoms with van der Waals surface area (Å²) in [6, 6.07) is 0. The average molecular weight is 162 g/mol. The van der Waals surface area contributed by atoms with E-state index in [4.69, 9.17) is 11.6 Å². The van der Waals surface area contributed by atoms with E-state index in [2.05, 4.69) is 6.58 Å². The summed E-state index contributed by atoms with van der Waals surface area (Å²) >= 11 is 5.83. The summed E-state index contributed by atoms with van der Waals surface area (Å²) in [5.74, 6) is 0. The first-order chi connectivity index (χ1) is 4.76. The van der Waals surface area contributed by atoms with Crippen LogP contribution in [-0.4, -0.2) is 18.5 Å². The van der Waals surface area contributed by atoms with Crippen LogP contribution in [0.4, 0.5) is 0 Å². The molecule has 0 aliphatic rings. The van der Waals surface area contributed by atoms with Gasteiger partial charge in [0.15, 0.2) is 5.16 Å². The van der Waals surface area contributed by atoms with Crippen LogP contribution >= 0.6 is 11.6 Å². The first kappa shape index (κ1) is 9.53. The molecule has 0 unspecified atom stereocenters. The minimum absolute atomic E-state index is 0.708. The first-order valence-corrected chi connectivity index (χ1v) is 3.68. The van der Waals surface area contributed by atoms with E-state index in [1.54, 1.807) is 6.20 Å². The highest BCUT2D eigenvalue weighted by molar-refractivity contribution is 6.29. The van der Waals surface area contributed by atoms with E-state index in [9.17, 15) is 0 Å². The van der Waals surface area contributed by atoms with Crippen molar-refractivity contribution < 1.29 is 5.32 Å². The molecule has 0 heterocycles. The third-order valence-corrected chi connectivity index (χ3v) is 1.48. The van der Waals surface area contributed by atoms with Crippen LogP contribution in [0.15, 0.2) is 24.1 Å². The van der Waals surface area contributed by atoms with Crippen LogP contribution in [0.25, 0.3) is 0 Å². The maximum atomic E-state index is 5.83. The van der Waals surface area contributed by atoms with Gasteiger partial charge in [0.05, 0.1) is 7.05 Å². The van der Waals surface area contributed by atoms with Crippen LogP contribution in [0.5, 0.6) is 0 Å². The maximum absolute atomic E-state index is 5.83. The Morgan fingerprint density at radius 1 is 1.80 bits per heavy atom. The van der Waals surface area contributed by atoms with Crippen molar-refractivity contribution >= 4 is 11.6 Å². The van der Waals surface area contributed by atoms with Gasteiger partial charge in [-0.2, -0.15) is 0 Å². The summed E-state index contributed by atoms with van der Waals surface area (Å²) in [4.78, 5) is 1.86. The van der Waals surface area contributed by atoms with Gasteiger partial charge in [-0.25, -0.2) is 0 Å². The highest BCUT2D eigenvalue weighted by Crippen LogP contribution is 2.05. The minimum Gasteiger partial charge on any atom is -0.335 e. The number of nitrogens with zero attached hydrogens (tertiary/aromatic N) is 1. The SMILES string of the molecule is C=CN(CC)C(Cl)=C[NH2+]C. The molecule has 0 aliphatic heterocycles. The standard InChI is InChI=1S/C7H13ClN2/c1-4-10(5-2)7(8)6-9-3/h4,6,9H,1,5H2,2-3H3/p+1. The molecule has 0 aromatic rings. The Morgan fingerprint density at radius 2 is 2.40 bits per heavy atom. The van der Waals surface area contributed by atoms with Gasteiger partial charge in [0.2, 0.25) is 0 Å². The van der Waals surface area contributed by atoms with Gasteiger partial charge in [0, 0.05) is 6.54 Å². The highest BCUT2D eigenvalue weighted by atomic mass is 35.5. The Balaban J connectivity index is 4.00. The normalized spacial score (nSPS) is 11.3. The number of halogens is 1. The quantitative estimate of drug-likeness (QED) is 0.602. The number of hydrogen-bond acceptors (Lipinski definition) is 1. The Hall–Kier alpha value is -0.470. The molecule has 0 radical (unpaired) electrons. The van der Waals surface area contributed by atoms with Crippen LogP contribution in [0.2, 0.25) is 0 Å². The van der Waals surface area contributed by atoms with Crippen molar-refractivity contribution in [1.82, 2.24) is 4.90 Å². The predicted octanol–water partition coefficient (Wildman–Crippen LogP) is 0.683. The van der Waals surface area contributed by atoms with Gasteiger partial charge >= 0.3 is 0 Å². The fourth-order valence-electron chi connectivity index (χ4n) is 0.601. The fourth-order valence-corrected chi connectivity index (χ4v) is 0.915. The van der Waals surface area contributed by atoms with E-state index >= 15 is 0 Å². The van der Waals surface area contributed by atoms with E-state index in [-0.39, 0.29) is 0 Å². The van der Waals surface area contributed by atoms with E-state index in [1.165, 1.54) is 0 Å². The van der Waals surface area contributed by atoms with Crippen molar-refractivity contribution in [3.8, 4) is 0 Å². The molecule has 0 aliphatic carbocycles. The molecule has 0 rings (SSSR count). The molecule has 0 spiro atoms. The highest BCUT2D eigenvalue weighted by Gasteiger charge is 1.99. The van der Waals surface area contributed by atoms with E-state index in [0.29, 0.717) is 5.16 Å².